The number of benzene rings is 2. The highest BCUT2D eigenvalue weighted by atomic mass is 16.1. The predicted octanol–water partition coefficient (Wildman–Crippen LogP) is 2.92. The summed E-state index contributed by atoms with van der Waals surface area (Å²) in [6.45, 7) is 0. The Morgan fingerprint density at radius 3 is 2.41 bits per heavy atom. The van der Waals surface area contributed by atoms with Crippen molar-refractivity contribution in [1.29, 1.82) is 0 Å². The monoisotopic (exact) mass is 290 g/mol. The van der Waals surface area contributed by atoms with Crippen molar-refractivity contribution in [2.24, 2.45) is 0 Å². The van der Waals surface area contributed by atoms with Crippen LogP contribution in [0.15, 0.2) is 72.9 Å². The second-order valence-corrected chi connectivity index (χ2v) is 4.61. The van der Waals surface area contributed by atoms with Crippen molar-refractivity contribution in [3.8, 4) is 5.69 Å². The average molecular weight is 290 g/mol. The van der Waals surface area contributed by atoms with E-state index in [4.69, 9.17) is 0 Å². The summed E-state index contributed by atoms with van der Waals surface area (Å²) in [7, 11) is 0. The number of anilines is 1. The van der Waals surface area contributed by atoms with Gasteiger partial charge >= 0.3 is 0 Å². The van der Waals surface area contributed by atoms with Crippen LogP contribution in [0.1, 0.15) is 5.69 Å². The minimum Gasteiger partial charge on any atom is -0.323 e. The molecule has 0 radical (unpaired) electrons. The molecule has 2 aromatic carbocycles. The van der Waals surface area contributed by atoms with Gasteiger partial charge in [-0.05, 0) is 30.3 Å². The first-order valence-electron chi connectivity index (χ1n) is 6.83. The van der Waals surface area contributed by atoms with Gasteiger partial charge in [-0.15, -0.1) is 5.10 Å². The smallest absolute Gasteiger partial charge is 0.248 e. The largest absolute Gasteiger partial charge is 0.323 e. The van der Waals surface area contributed by atoms with Crippen LogP contribution in [0.4, 0.5) is 5.69 Å². The molecule has 1 heterocycles. The fourth-order valence-corrected chi connectivity index (χ4v) is 1.93. The first-order chi connectivity index (χ1) is 10.8. The highest BCUT2D eigenvalue weighted by molar-refractivity contribution is 6.01. The second-order valence-electron chi connectivity index (χ2n) is 4.61. The number of aromatic nitrogens is 3. The number of hydrogen-bond donors (Lipinski definition) is 1. The molecule has 0 aliphatic heterocycles. The van der Waals surface area contributed by atoms with Gasteiger partial charge in [0.2, 0.25) is 5.91 Å². The zero-order valence-corrected chi connectivity index (χ0v) is 11.8. The molecule has 0 fully saturated rings. The Bertz CT molecular complexity index is 779. The summed E-state index contributed by atoms with van der Waals surface area (Å²) in [5.41, 5.74) is 2.29. The molecule has 108 valence electrons. The van der Waals surface area contributed by atoms with Crippen LogP contribution in [0.5, 0.6) is 0 Å². The fraction of sp³-hybridized carbons (Fsp3) is 0. The van der Waals surface area contributed by atoms with E-state index >= 15 is 0 Å². The summed E-state index contributed by atoms with van der Waals surface area (Å²) in [6.07, 6.45) is 4.83. The molecule has 1 N–H and O–H groups in total. The maximum atomic E-state index is 11.8. The molecule has 1 aromatic heterocycles. The van der Waals surface area contributed by atoms with E-state index in [1.807, 2.05) is 60.7 Å². The number of carbonyl (C=O) groups is 1. The second kappa shape index (κ2) is 6.49. The van der Waals surface area contributed by atoms with Crippen LogP contribution in [0.2, 0.25) is 0 Å². The number of para-hydroxylation sites is 2. The van der Waals surface area contributed by atoms with Gasteiger partial charge in [0.15, 0.2) is 0 Å². The highest BCUT2D eigenvalue weighted by Gasteiger charge is 2.01. The molecule has 0 aliphatic carbocycles. The van der Waals surface area contributed by atoms with Crippen molar-refractivity contribution in [2.75, 3.05) is 5.32 Å². The molecule has 0 bridgehead atoms. The lowest BCUT2D eigenvalue weighted by molar-refractivity contribution is -0.111. The number of nitrogens with zero attached hydrogens (tertiary/aromatic N) is 3. The molecule has 1 amide bonds. The van der Waals surface area contributed by atoms with Crippen molar-refractivity contribution in [1.82, 2.24) is 15.0 Å². The van der Waals surface area contributed by atoms with Crippen LogP contribution in [-0.2, 0) is 4.79 Å². The van der Waals surface area contributed by atoms with E-state index in [0.29, 0.717) is 5.69 Å². The number of carbonyl (C=O) groups excluding carboxylic acids is 1. The number of nitrogens with one attached hydrogen (secondary N) is 1. The number of hydrogen-bond acceptors (Lipinski definition) is 3. The number of amides is 1. The Labute approximate surface area is 127 Å². The SMILES string of the molecule is O=C(/C=C\c1cn(-c2ccccc2)nn1)Nc1ccccc1. The quantitative estimate of drug-likeness (QED) is 0.752. The zero-order valence-electron chi connectivity index (χ0n) is 11.8. The molecule has 3 aromatic rings. The molecule has 22 heavy (non-hydrogen) atoms. The van der Waals surface area contributed by atoms with Crippen LogP contribution in [0, 0.1) is 0 Å². The van der Waals surface area contributed by atoms with Crippen LogP contribution >= 0.6 is 0 Å². The third kappa shape index (κ3) is 3.46. The Balaban J connectivity index is 1.66. The van der Waals surface area contributed by atoms with E-state index in [1.165, 1.54) is 6.08 Å². The van der Waals surface area contributed by atoms with Crippen molar-refractivity contribution in [3.05, 3.63) is 78.6 Å². The predicted molar refractivity (Wildman–Crippen MR) is 85.5 cm³/mol. The maximum absolute atomic E-state index is 11.8. The van der Waals surface area contributed by atoms with Crippen molar-refractivity contribution in [3.63, 3.8) is 0 Å². The molecular formula is C17H14N4O. The third-order valence-electron chi connectivity index (χ3n) is 2.98. The average Bonchev–Trinajstić information content (AvgIpc) is 3.04. The molecule has 0 unspecified atom stereocenters. The van der Waals surface area contributed by atoms with Crippen molar-refractivity contribution in [2.45, 2.75) is 0 Å². The molecule has 0 saturated carbocycles. The Morgan fingerprint density at radius 2 is 1.68 bits per heavy atom. The van der Waals surface area contributed by atoms with Crippen molar-refractivity contribution >= 4 is 17.7 Å². The van der Waals surface area contributed by atoms with Gasteiger partial charge in [0.1, 0.15) is 5.69 Å². The lowest BCUT2D eigenvalue weighted by Gasteiger charge is -1.99. The molecule has 0 saturated heterocycles. The summed E-state index contributed by atoms with van der Waals surface area (Å²) in [5, 5.41) is 10.8. The lowest BCUT2D eigenvalue weighted by Crippen LogP contribution is -2.07. The zero-order chi connectivity index (χ0) is 15.2. The summed E-state index contributed by atoms with van der Waals surface area (Å²) >= 11 is 0. The number of rotatable bonds is 4. The van der Waals surface area contributed by atoms with Crippen LogP contribution < -0.4 is 5.32 Å². The molecule has 0 spiro atoms. The van der Waals surface area contributed by atoms with E-state index < -0.39 is 0 Å². The Kier molecular flexibility index (Phi) is 4.06. The standard InChI is InChI=1S/C17H14N4O/c22-17(18-14-7-3-1-4-8-14)12-11-15-13-21(20-19-15)16-9-5-2-6-10-16/h1-13H,(H,18,22)/b12-11-. The van der Waals surface area contributed by atoms with Gasteiger partial charge in [-0.1, -0.05) is 41.6 Å². The van der Waals surface area contributed by atoms with Crippen LogP contribution in [-0.4, -0.2) is 20.9 Å². The molecule has 3 rings (SSSR count). The minimum absolute atomic E-state index is 0.208. The summed E-state index contributed by atoms with van der Waals surface area (Å²) in [4.78, 5) is 11.8. The van der Waals surface area contributed by atoms with Gasteiger partial charge in [0, 0.05) is 11.8 Å². The molecule has 0 atom stereocenters. The minimum atomic E-state index is -0.208. The van der Waals surface area contributed by atoms with E-state index in [-0.39, 0.29) is 5.91 Å². The van der Waals surface area contributed by atoms with Gasteiger partial charge in [-0.3, -0.25) is 4.79 Å². The molecular weight excluding hydrogens is 276 g/mol. The van der Waals surface area contributed by atoms with Crippen molar-refractivity contribution < 1.29 is 4.79 Å². The third-order valence-corrected chi connectivity index (χ3v) is 2.98. The maximum Gasteiger partial charge on any atom is 0.248 e. The molecule has 5 heteroatoms. The van der Waals surface area contributed by atoms with Crippen LogP contribution in [0.3, 0.4) is 0 Å². The Hall–Kier alpha value is -3.21. The van der Waals surface area contributed by atoms with Gasteiger partial charge in [0.25, 0.3) is 0 Å². The normalized spacial score (nSPS) is 10.7. The summed E-state index contributed by atoms with van der Waals surface area (Å²) in [6, 6.07) is 19.0. The summed E-state index contributed by atoms with van der Waals surface area (Å²) in [5.74, 6) is -0.208. The van der Waals surface area contributed by atoms with Gasteiger partial charge in [-0.25, -0.2) is 4.68 Å². The van der Waals surface area contributed by atoms with Crippen LogP contribution in [0.25, 0.3) is 11.8 Å². The van der Waals surface area contributed by atoms with Gasteiger partial charge in [0.05, 0.1) is 11.9 Å². The fourth-order valence-electron chi connectivity index (χ4n) is 1.93. The van der Waals surface area contributed by atoms with Gasteiger partial charge < -0.3 is 5.32 Å². The molecule has 5 nitrogen and oxygen atoms in total. The topological polar surface area (TPSA) is 59.8 Å². The Morgan fingerprint density at radius 1 is 1.00 bits per heavy atom. The van der Waals surface area contributed by atoms with Gasteiger partial charge in [-0.2, -0.15) is 0 Å². The first kappa shape index (κ1) is 13.8. The highest BCUT2D eigenvalue weighted by Crippen LogP contribution is 2.07. The van der Waals surface area contributed by atoms with E-state index in [9.17, 15) is 4.79 Å². The lowest BCUT2D eigenvalue weighted by atomic mass is 10.3. The molecule has 0 aliphatic rings. The first-order valence-corrected chi connectivity index (χ1v) is 6.83. The van der Waals surface area contributed by atoms with E-state index in [0.717, 1.165) is 11.4 Å². The van der Waals surface area contributed by atoms with E-state index in [1.54, 1.807) is 17.0 Å². The van der Waals surface area contributed by atoms with E-state index in [2.05, 4.69) is 15.6 Å². The summed E-state index contributed by atoms with van der Waals surface area (Å²) < 4.78 is 1.66.